The minimum absolute atomic E-state index is 0.157. The SMILES string of the molecule is COc1ccc2nc(C)c(C(=O)Nc3ccc(OC)c(NC(=O)c4cccc(F)c4)c3)cc2c1. The van der Waals surface area contributed by atoms with Gasteiger partial charge in [-0.1, -0.05) is 6.07 Å². The van der Waals surface area contributed by atoms with Crippen LogP contribution in [0.2, 0.25) is 0 Å². The molecule has 0 fully saturated rings. The Bertz CT molecular complexity index is 1400. The molecular weight excluding hydrogens is 437 g/mol. The Labute approximate surface area is 195 Å². The number of nitrogens with one attached hydrogen (secondary N) is 2. The summed E-state index contributed by atoms with van der Waals surface area (Å²) in [4.78, 5) is 30.1. The number of pyridine rings is 1. The lowest BCUT2D eigenvalue weighted by Crippen LogP contribution is -2.16. The molecule has 1 aromatic heterocycles. The van der Waals surface area contributed by atoms with E-state index < -0.39 is 11.7 Å². The number of ether oxygens (including phenoxy) is 2. The van der Waals surface area contributed by atoms with E-state index in [1.54, 1.807) is 38.3 Å². The Balaban J connectivity index is 1.60. The fraction of sp³-hybridized carbons (Fsp3) is 0.115. The van der Waals surface area contributed by atoms with E-state index in [-0.39, 0.29) is 11.5 Å². The molecule has 0 saturated heterocycles. The van der Waals surface area contributed by atoms with E-state index >= 15 is 0 Å². The van der Waals surface area contributed by atoms with Crippen LogP contribution in [0.1, 0.15) is 26.4 Å². The highest BCUT2D eigenvalue weighted by molar-refractivity contribution is 6.08. The average Bonchev–Trinajstić information content (AvgIpc) is 2.83. The van der Waals surface area contributed by atoms with Gasteiger partial charge in [0.1, 0.15) is 17.3 Å². The number of fused-ring (bicyclic) bond motifs is 1. The van der Waals surface area contributed by atoms with Crippen molar-refractivity contribution in [2.75, 3.05) is 24.9 Å². The molecule has 8 heteroatoms. The third-order valence-electron chi connectivity index (χ3n) is 5.25. The predicted octanol–water partition coefficient (Wildman–Crippen LogP) is 5.20. The molecule has 0 radical (unpaired) electrons. The number of aromatic nitrogens is 1. The molecule has 34 heavy (non-hydrogen) atoms. The second-order valence-electron chi connectivity index (χ2n) is 7.51. The van der Waals surface area contributed by atoms with Crippen LogP contribution in [0.15, 0.2) is 66.7 Å². The smallest absolute Gasteiger partial charge is 0.257 e. The van der Waals surface area contributed by atoms with Crippen molar-refractivity contribution in [1.29, 1.82) is 0 Å². The third kappa shape index (κ3) is 4.80. The molecule has 2 N–H and O–H groups in total. The number of halogens is 1. The Morgan fingerprint density at radius 3 is 2.44 bits per heavy atom. The number of hydrogen-bond donors (Lipinski definition) is 2. The highest BCUT2D eigenvalue weighted by atomic mass is 19.1. The molecule has 1 heterocycles. The quantitative estimate of drug-likeness (QED) is 0.414. The van der Waals surface area contributed by atoms with Gasteiger partial charge in [0, 0.05) is 16.6 Å². The van der Waals surface area contributed by atoms with Crippen LogP contribution in [-0.2, 0) is 0 Å². The number of amides is 2. The number of carbonyl (C=O) groups excluding carboxylic acids is 2. The van der Waals surface area contributed by atoms with Gasteiger partial charge in [-0.25, -0.2) is 4.39 Å². The lowest BCUT2D eigenvalue weighted by atomic mass is 10.1. The summed E-state index contributed by atoms with van der Waals surface area (Å²) in [5.41, 5.74) is 2.65. The van der Waals surface area contributed by atoms with Gasteiger partial charge in [-0.2, -0.15) is 0 Å². The minimum Gasteiger partial charge on any atom is -0.497 e. The molecule has 0 unspecified atom stereocenters. The van der Waals surface area contributed by atoms with Crippen molar-refractivity contribution in [3.05, 3.63) is 89.4 Å². The van der Waals surface area contributed by atoms with Crippen LogP contribution in [0, 0.1) is 12.7 Å². The van der Waals surface area contributed by atoms with Crippen molar-refractivity contribution in [2.24, 2.45) is 0 Å². The predicted molar refractivity (Wildman–Crippen MR) is 128 cm³/mol. The zero-order valence-corrected chi connectivity index (χ0v) is 18.8. The maximum absolute atomic E-state index is 13.5. The average molecular weight is 459 g/mol. The van der Waals surface area contributed by atoms with Gasteiger partial charge in [0.05, 0.1) is 36.7 Å². The summed E-state index contributed by atoms with van der Waals surface area (Å²) in [5, 5.41) is 6.30. The molecule has 4 rings (SSSR count). The summed E-state index contributed by atoms with van der Waals surface area (Å²) < 4.78 is 24.1. The maximum atomic E-state index is 13.5. The summed E-state index contributed by atoms with van der Waals surface area (Å²) in [5.74, 6) is -0.332. The number of carbonyl (C=O) groups is 2. The minimum atomic E-state index is -0.516. The number of anilines is 2. The molecular formula is C26H22FN3O4. The van der Waals surface area contributed by atoms with E-state index in [4.69, 9.17) is 9.47 Å². The zero-order chi connectivity index (χ0) is 24.2. The molecule has 172 valence electrons. The standard InChI is InChI=1S/C26H22FN3O4/c1-15-21(13-17-12-20(33-2)8-9-22(17)28-15)26(32)29-19-7-10-24(34-3)23(14-19)30-25(31)16-5-4-6-18(27)11-16/h4-14H,1-3H3,(H,29,32)(H,30,31). The van der Waals surface area contributed by atoms with Crippen molar-refractivity contribution in [1.82, 2.24) is 4.98 Å². The van der Waals surface area contributed by atoms with Crippen LogP contribution >= 0.6 is 0 Å². The molecule has 0 bridgehead atoms. The van der Waals surface area contributed by atoms with E-state index in [1.807, 2.05) is 18.2 Å². The van der Waals surface area contributed by atoms with Crippen molar-refractivity contribution >= 4 is 34.1 Å². The fourth-order valence-electron chi connectivity index (χ4n) is 3.51. The van der Waals surface area contributed by atoms with Crippen LogP contribution < -0.4 is 20.1 Å². The number of benzene rings is 3. The molecule has 0 saturated carbocycles. The van der Waals surface area contributed by atoms with Gasteiger partial charge < -0.3 is 20.1 Å². The van der Waals surface area contributed by atoms with Crippen LogP contribution in [0.5, 0.6) is 11.5 Å². The Morgan fingerprint density at radius 2 is 1.71 bits per heavy atom. The molecule has 4 aromatic rings. The fourth-order valence-corrected chi connectivity index (χ4v) is 3.51. The van der Waals surface area contributed by atoms with E-state index in [0.717, 1.165) is 17.0 Å². The summed E-state index contributed by atoms with van der Waals surface area (Å²) in [6.45, 7) is 1.76. The highest BCUT2D eigenvalue weighted by Gasteiger charge is 2.15. The van der Waals surface area contributed by atoms with E-state index in [0.29, 0.717) is 34.1 Å². The zero-order valence-electron chi connectivity index (χ0n) is 18.8. The van der Waals surface area contributed by atoms with Crippen LogP contribution in [0.3, 0.4) is 0 Å². The van der Waals surface area contributed by atoms with Crippen molar-refractivity contribution in [2.45, 2.75) is 6.92 Å². The summed E-state index contributed by atoms with van der Waals surface area (Å²) in [7, 11) is 3.04. The lowest BCUT2D eigenvalue weighted by Gasteiger charge is -2.14. The van der Waals surface area contributed by atoms with Gasteiger partial charge in [0.2, 0.25) is 0 Å². The second-order valence-corrected chi connectivity index (χ2v) is 7.51. The summed E-state index contributed by atoms with van der Waals surface area (Å²) in [6.07, 6.45) is 0. The first kappa shape index (κ1) is 22.7. The molecule has 0 spiro atoms. The maximum Gasteiger partial charge on any atom is 0.257 e. The lowest BCUT2D eigenvalue weighted by molar-refractivity contribution is 0.101. The number of aryl methyl sites for hydroxylation is 1. The second kappa shape index (κ2) is 9.58. The van der Waals surface area contributed by atoms with Crippen molar-refractivity contribution in [3.8, 4) is 11.5 Å². The topological polar surface area (TPSA) is 89.6 Å². The van der Waals surface area contributed by atoms with Crippen LogP contribution in [0.4, 0.5) is 15.8 Å². The monoisotopic (exact) mass is 459 g/mol. The summed E-state index contributed by atoms with van der Waals surface area (Å²) in [6, 6.07) is 17.4. The van der Waals surface area contributed by atoms with E-state index in [2.05, 4.69) is 15.6 Å². The number of methoxy groups -OCH3 is 2. The molecule has 0 aliphatic heterocycles. The molecule has 0 aliphatic rings. The van der Waals surface area contributed by atoms with Crippen LogP contribution in [0.25, 0.3) is 10.9 Å². The Kier molecular flexibility index (Phi) is 6.40. The number of nitrogens with zero attached hydrogens (tertiary/aromatic N) is 1. The van der Waals surface area contributed by atoms with Gasteiger partial charge in [-0.3, -0.25) is 14.6 Å². The van der Waals surface area contributed by atoms with Gasteiger partial charge in [-0.15, -0.1) is 0 Å². The van der Waals surface area contributed by atoms with Gasteiger partial charge in [0.15, 0.2) is 0 Å². The third-order valence-corrected chi connectivity index (χ3v) is 5.25. The highest BCUT2D eigenvalue weighted by Crippen LogP contribution is 2.29. The Hall–Kier alpha value is -4.46. The van der Waals surface area contributed by atoms with E-state index in [1.165, 1.54) is 25.3 Å². The van der Waals surface area contributed by atoms with Gasteiger partial charge >= 0.3 is 0 Å². The number of hydrogen-bond acceptors (Lipinski definition) is 5. The Morgan fingerprint density at radius 1 is 0.882 bits per heavy atom. The first-order valence-electron chi connectivity index (χ1n) is 10.4. The summed E-state index contributed by atoms with van der Waals surface area (Å²) >= 11 is 0. The molecule has 7 nitrogen and oxygen atoms in total. The van der Waals surface area contributed by atoms with Crippen LogP contribution in [-0.4, -0.2) is 31.0 Å². The molecule has 3 aromatic carbocycles. The van der Waals surface area contributed by atoms with Gasteiger partial charge in [0.25, 0.3) is 11.8 Å². The van der Waals surface area contributed by atoms with Crippen molar-refractivity contribution in [3.63, 3.8) is 0 Å². The largest absolute Gasteiger partial charge is 0.497 e. The first-order chi connectivity index (χ1) is 16.4. The first-order valence-corrected chi connectivity index (χ1v) is 10.4. The van der Waals surface area contributed by atoms with Crippen molar-refractivity contribution < 1.29 is 23.5 Å². The molecule has 0 atom stereocenters. The normalized spacial score (nSPS) is 10.6. The molecule has 2 amide bonds. The number of rotatable bonds is 6. The van der Waals surface area contributed by atoms with Gasteiger partial charge in [-0.05, 0) is 67.6 Å². The molecule has 0 aliphatic carbocycles. The van der Waals surface area contributed by atoms with E-state index in [9.17, 15) is 14.0 Å².